The van der Waals surface area contributed by atoms with Crippen LogP contribution in [0.1, 0.15) is 41.6 Å². The van der Waals surface area contributed by atoms with Gasteiger partial charge in [-0.1, -0.05) is 42.5 Å². The lowest BCUT2D eigenvalue weighted by atomic mass is 9.73. The van der Waals surface area contributed by atoms with E-state index in [-0.39, 0.29) is 11.7 Å². The van der Waals surface area contributed by atoms with Crippen LogP contribution in [0.4, 0.5) is 0 Å². The summed E-state index contributed by atoms with van der Waals surface area (Å²) in [5.74, 6) is 0.880. The first-order valence-corrected chi connectivity index (χ1v) is 10.4. The lowest BCUT2D eigenvalue weighted by Gasteiger charge is -2.40. The number of nitrogens with zero attached hydrogens (tertiary/aromatic N) is 1. The molecule has 0 aliphatic carbocycles. The molecule has 2 aromatic rings. The van der Waals surface area contributed by atoms with Gasteiger partial charge in [0.25, 0.3) is 0 Å². The SMILES string of the molecule is O=C1CC2(CCN(C(=O)C3(c4ccccc4)CCOCC3)C2)Oc2ccccc21. The minimum atomic E-state index is -0.607. The molecule has 0 radical (unpaired) electrons. The Morgan fingerprint density at radius 3 is 2.45 bits per heavy atom. The number of fused-ring (bicyclic) bond motifs is 1. The number of Topliss-reactive ketones (excluding diaryl/α,β-unsaturated/α-hetero) is 1. The van der Waals surface area contributed by atoms with Crippen molar-refractivity contribution >= 4 is 11.7 Å². The van der Waals surface area contributed by atoms with Gasteiger partial charge in [-0.15, -0.1) is 0 Å². The zero-order chi connectivity index (χ0) is 19.9. The number of carbonyl (C=O) groups excluding carboxylic acids is 2. The first kappa shape index (κ1) is 18.4. The molecule has 2 fully saturated rings. The average Bonchev–Trinajstić information content (AvgIpc) is 3.17. The van der Waals surface area contributed by atoms with Crippen molar-refractivity contribution in [2.24, 2.45) is 0 Å². The highest BCUT2D eigenvalue weighted by atomic mass is 16.5. The van der Waals surface area contributed by atoms with Gasteiger partial charge in [0.15, 0.2) is 5.78 Å². The molecule has 1 amide bonds. The van der Waals surface area contributed by atoms with Crippen LogP contribution in [0.2, 0.25) is 0 Å². The van der Waals surface area contributed by atoms with Gasteiger partial charge in [-0.3, -0.25) is 9.59 Å². The number of hydrogen-bond donors (Lipinski definition) is 0. The summed E-state index contributed by atoms with van der Waals surface area (Å²) >= 11 is 0. The van der Waals surface area contributed by atoms with Crippen molar-refractivity contribution in [1.29, 1.82) is 0 Å². The second-order valence-corrected chi connectivity index (χ2v) is 8.42. The molecule has 2 aromatic carbocycles. The second kappa shape index (κ2) is 6.99. The molecule has 3 aliphatic rings. The van der Waals surface area contributed by atoms with Crippen LogP contribution in [-0.2, 0) is 14.9 Å². The summed E-state index contributed by atoms with van der Waals surface area (Å²) in [6, 6.07) is 17.5. The minimum Gasteiger partial charge on any atom is -0.484 e. The van der Waals surface area contributed by atoms with Crippen LogP contribution < -0.4 is 4.74 Å². The van der Waals surface area contributed by atoms with E-state index in [0.29, 0.717) is 63.3 Å². The third kappa shape index (κ3) is 3.04. The lowest BCUT2D eigenvalue weighted by Crippen LogP contribution is -2.51. The van der Waals surface area contributed by atoms with Crippen molar-refractivity contribution in [3.05, 3.63) is 65.7 Å². The van der Waals surface area contributed by atoms with E-state index in [9.17, 15) is 9.59 Å². The molecule has 2 saturated heterocycles. The average molecular weight is 391 g/mol. The van der Waals surface area contributed by atoms with Gasteiger partial charge >= 0.3 is 0 Å². The molecular weight excluding hydrogens is 366 g/mol. The molecule has 1 unspecified atom stereocenters. The maximum Gasteiger partial charge on any atom is 0.233 e. The van der Waals surface area contributed by atoms with Crippen molar-refractivity contribution in [2.45, 2.75) is 36.7 Å². The Bertz CT molecular complexity index is 935. The predicted octanol–water partition coefficient (Wildman–Crippen LogP) is 3.37. The molecule has 5 heteroatoms. The van der Waals surface area contributed by atoms with Gasteiger partial charge in [-0.25, -0.2) is 0 Å². The number of para-hydroxylation sites is 1. The third-order valence-corrected chi connectivity index (χ3v) is 6.68. The summed E-state index contributed by atoms with van der Waals surface area (Å²) in [5, 5.41) is 0. The van der Waals surface area contributed by atoms with E-state index >= 15 is 0 Å². The molecule has 150 valence electrons. The minimum absolute atomic E-state index is 0.102. The van der Waals surface area contributed by atoms with E-state index in [0.717, 1.165) is 5.56 Å². The van der Waals surface area contributed by atoms with Gasteiger partial charge < -0.3 is 14.4 Å². The Balaban J connectivity index is 1.42. The van der Waals surface area contributed by atoms with Crippen LogP contribution in [0.15, 0.2) is 54.6 Å². The van der Waals surface area contributed by atoms with Crippen molar-refractivity contribution in [2.75, 3.05) is 26.3 Å². The lowest BCUT2D eigenvalue weighted by molar-refractivity contribution is -0.141. The van der Waals surface area contributed by atoms with E-state index < -0.39 is 11.0 Å². The summed E-state index contributed by atoms with van der Waals surface area (Å²) in [6.07, 6.45) is 2.37. The molecule has 3 aliphatic heterocycles. The van der Waals surface area contributed by atoms with E-state index in [2.05, 4.69) is 0 Å². The smallest absolute Gasteiger partial charge is 0.233 e. The number of hydrogen-bond acceptors (Lipinski definition) is 4. The molecule has 3 heterocycles. The molecule has 1 spiro atoms. The molecule has 1 atom stereocenters. The van der Waals surface area contributed by atoms with Crippen molar-refractivity contribution in [1.82, 2.24) is 4.90 Å². The molecule has 0 aromatic heterocycles. The molecule has 29 heavy (non-hydrogen) atoms. The molecular formula is C24H25NO4. The Hall–Kier alpha value is -2.66. The largest absolute Gasteiger partial charge is 0.484 e. The van der Waals surface area contributed by atoms with E-state index in [1.165, 1.54) is 0 Å². The number of ether oxygens (including phenoxy) is 2. The summed E-state index contributed by atoms with van der Waals surface area (Å²) in [5.41, 5.74) is 0.541. The van der Waals surface area contributed by atoms with Gasteiger partial charge in [0.1, 0.15) is 11.4 Å². The fourth-order valence-corrected chi connectivity index (χ4v) is 5.09. The molecule has 0 bridgehead atoms. The van der Waals surface area contributed by atoms with Crippen LogP contribution >= 0.6 is 0 Å². The quantitative estimate of drug-likeness (QED) is 0.788. The summed E-state index contributed by atoms with van der Waals surface area (Å²) in [7, 11) is 0. The zero-order valence-electron chi connectivity index (χ0n) is 16.4. The summed E-state index contributed by atoms with van der Waals surface area (Å²) in [4.78, 5) is 28.4. The highest BCUT2D eigenvalue weighted by Crippen LogP contribution is 2.42. The van der Waals surface area contributed by atoms with Gasteiger partial charge in [-0.2, -0.15) is 0 Å². The van der Waals surface area contributed by atoms with Crippen molar-refractivity contribution in [3.63, 3.8) is 0 Å². The van der Waals surface area contributed by atoms with E-state index in [1.807, 2.05) is 59.5 Å². The van der Waals surface area contributed by atoms with Gasteiger partial charge in [0.2, 0.25) is 5.91 Å². The van der Waals surface area contributed by atoms with E-state index in [4.69, 9.17) is 9.47 Å². The van der Waals surface area contributed by atoms with Crippen molar-refractivity contribution in [3.8, 4) is 5.75 Å². The van der Waals surface area contributed by atoms with Crippen LogP contribution in [0.5, 0.6) is 5.75 Å². The number of benzene rings is 2. The molecule has 0 N–H and O–H groups in total. The zero-order valence-corrected chi connectivity index (χ0v) is 16.4. The second-order valence-electron chi connectivity index (χ2n) is 8.42. The van der Waals surface area contributed by atoms with Crippen LogP contribution in [0.3, 0.4) is 0 Å². The number of amides is 1. The maximum absolute atomic E-state index is 13.8. The fourth-order valence-electron chi connectivity index (χ4n) is 5.09. The standard InChI is InChI=1S/C24H25NO4/c26-20-16-23(29-21-9-5-4-8-19(20)21)10-13-25(17-23)22(27)24(11-14-28-15-12-24)18-6-2-1-3-7-18/h1-9H,10-17H2. The Morgan fingerprint density at radius 2 is 1.66 bits per heavy atom. The van der Waals surface area contributed by atoms with Gasteiger partial charge in [0, 0.05) is 26.2 Å². The van der Waals surface area contributed by atoms with Crippen molar-refractivity contribution < 1.29 is 19.1 Å². The molecule has 5 rings (SSSR count). The Kier molecular flexibility index (Phi) is 4.43. The normalized spacial score (nSPS) is 25.5. The number of rotatable bonds is 2. The summed E-state index contributed by atoms with van der Waals surface area (Å²) in [6.45, 7) is 2.25. The maximum atomic E-state index is 13.8. The van der Waals surface area contributed by atoms with Crippen LogP contribution in [0, 0.1) is 0 Å². The first-order valence-electron chi connectivity index (χ1n) is 10.4. The van der Waals surface area contributed by atoms with E-state index in [1.54, 1.807) is 0 Å². The first-order chi connectivity index (χ1) is 14.1. The molecule has 0 saturated carbocycles. The number of ketones is 1. The molecule has 5 nitrogen and oxygen atoms in total. The highest BCUT2D eigenvalue weighted by molar-refractivity contribution is 6.00. The number of carbonyl (C=O) groups is 2. The highest BCUT2D eigenvalue weighted by Gasteiger charge is 2.51. The topological polar surface area (TPSA) is 55.8 Å². The Labute approximate surface area is 170 Å². The van der Waals surface area contributed by atoms with Gasteiger partial charge in [0.05, 0.1) is 23.9 Å². The monoisotopic (exact) mass is 391 g/mol. The number of likely N-dealkylation sites (tertiary alicyclic amines) is 1. The fraction of sp³-hybridized carbons (Fsp3) is 0.417. The third-order valence-electron chi connectivity index (χ3n) is 6.68. The van der Waals surface area contributed by atoms with Crippen LogP contribution in [-0.4, -0.2) is 48.5 Å². The Morgan fingerprint density at radius 1 is 0.931 bits per heavy atom. The van der Waals surface area contributed by atoms with Gasteiger partial charge in [-0.05, 0) is 30.5 Å². The predicted molar refractivity (Wildman–Crippen MR) is 108 cm³/mol. The summed E-state index contributed by atoms with van der Waals surface area (Å²) < 4.78 is 11.9. The van der Waals surface area contributed by atoms with Crippen LogP contribution in [0.25, 0.3) is 0 Å².